The third-order valence-corrected chi connectivity index (χ3v) is 3.57. The first-order valence-corrected chi connectivity index (χ1v) is 7.88. The molecule has 0 bridgehead atoms. The summed E-state index contributed by atoms with van der Waals surface area (Å²) >= 11 is 0. The summed E-state index contributed by atoms with van der Waals surface area (Å²) in [6.07, 6.45) is -0.583. The molecular formula is C19H20O6. The first-order chi connectivity index (χ1) is 12.0. The molecule has 0 saturated carbocycles. The molecule has 0 saturated heterocycles. The Labute approximate surface area is 145 Å². The predicted octanol–water partition coefficient (Wildman–Crippen LogP) is 3.00. The Morgan fingerprint density at radius 2 is 1.76 bits per heavy atom. The van der Waals surface area contributed by atoms with E-state index in [-0.39, 0.29) is 18.6 Å². The topological polar surface area (TPSA) is 93.1 Å². The lowest BCUT2D eigenvalue weighted by Crippen LogP contribution is -2.26. The summed E-state index contributed by atoms with van der Waals surface area (Å²) < 4.78 is 10.8. The van der Waals surface area contributed by atoms with Crippen molar-refractivity contribution in [1.29, 1.82) is 0 Å². The van der Waals surface area contributed by atoms with Crippen LogP contribution in [0.1, 0.15) is 28.4 Å². The van der Waals surface area contributed by atoms with Gasteiger partial charge in [0, 0.05) is 13.0 Å². The van der Waals surface area contributed by atoms with Crippen LogP contribution in [-0.4, -0.2) is 34.9 Å². The fourth-order valence-electron chi connectivity index (χ4n) is 2.32. The normalized spacial score (nSPS) is 11.7. The Hall–Kier alpha value is -2.86. The first-order valence-electron chi connectivity index (χ1n) is 7.88. The molecule has 6 nitrogen and oxygen atoms in total. The minimum absolute atomic E-state index is 0.215. The summed E-state index contributed by atoms with van der Waals surface area (Å²) in [5.41, 5.74) is 1.81. The Kier molecular flexibility index (Phi) is 6.54. The second kappa shape index (κ2) is 8.84. The van der Waals surface area contributed by atoms with Gasteiger partial charge in [0.05, 0.1) is 5.56 Å². The van der Waals surface area contributed by atoms with Gasteiger partial charge in [-0.2, -0.15) is 0 Å². The summed E-state index contributed by atoms with van der Waals surface area (Å²) in [7, 11) is 0. The third kappa shape index (κ3) is 5.61. The van der Waals surface area contributed by atoms with E-state index in [1.807, 2.05) is 0 Å². The van der Waals surface area contributed by atoms with Crippen LogP contribution in [0.4, 0.5) is 0 Å². The minimum atomic E-state index is -0.986. The molecule has 2 rings (SSSR count). The van der Waals surface area contributed by atoms with Gasteiger partial charge in [-0.1, -0.05) is 24.3 Å². The molecule has 0 aliphatic carbocycles. The fourth-order valence-corrected chi connectivity index (χ4v) is 2.32. The molecule has 25 heavy (non-hydrogen) atoms. The minimum Gasteiger partial charge on any atom is -0.489 e. The average Bonchev–Trinajstić information content (AvgIpc) is 2.61. The van der Waals surface area contributed by atoms with Gasteiger partial charge in [0.1, 0.15) is 12.4 Å². The molecule has 132 valence electrons. The quantitative estimate of drug-likeness (QED) is 0.726. The van der Waals surface area contributed by atoms with Gasteiger partial charge in [0.2, 0.25) is 0 Å². The number of hydrogen-bond acceptors (Lipinski definition) is 4. The van der Waals surface area contributed by atoms with E-state index in [1.165, 1.54) is 6.07 Å². The summed E-state index contributed by atoms with van der Waals surface area (Å²) in [5, 5.41) is 18.1. The fraction of sp³-hybridized carbons (Fsp3) is 0.263. The number of aliphatic carboxylic acids is 1. The molecule has 2 aromatic rings. The van der Waals surface area contributed by atoms with E-state index >= 15 is 0 Å². The van der Waals surface area contributed by atoms with Crippen LogP contribution in [0.2, 0.25) is 0 Å². The Balaban J connectivity index is 1.95. The molecule has 0 radical (unpaired) electrons. The molecule has 0 spiro atoms. The molecule has 0 aromatic heterocycles. The summed E-state index contributed by atoms with van der Waals surface area (Å²) in [5.74, 6) is -1.35. The average molecular weight is 344 g/mol. The maximum absolute atomic E-state index is 11.1. The highest BCUT2D eigenvalue weighted by Crippen LogP contribution is 2.16. The van der Waals surface area contributed by atoms with Gasteiger partial charge in [0.25, 0.3) is 0 Å². The van der Waals surface area contributed by atoms with Crippen molar-refractivity contribution in [2.45, 2.75) is 26.1 Å². The summed E-state index contributed by atoms with van der Waals surface area (Å²) in [6, 6.07) is 13.6. The molecule has 1 unspecified atom stereocenters. The number of carboxylic acid groups (broad SMARTS) is 2. The Morgan fingerprint density at radius 1 is 1.04 bits per heavy atom. The van der Waals surface area contributed by atoms with E-state index in [2.05, 4.69) is 0 Å². The highest BCUT2D eigenvalue weighted by Gasteiger charge is 2.17. The van der Waals surface area contributed by atoms with Crippen LogP contribution in [0, 0.1) is 0 Å². The number of carbonyl (C=O) groups is 2. The van der Waals surface area contributed by atoms with Crippen LogP contribution < -0.4 is 4.74 Å². The lowest BCUT2D eigenvalue weighted by Gasteiger charge is -2.13. The molecule has 0 fully saturated rings. The molecule has 0 amide bonds. The van der Waals surface area contributed by atoms with Crippen LogP contribution in [0.3, 0.4) is 0 Å². The van der Waals surface area contributed by atoms with Crippen molar-refractivity contribution >= 4 is 11.9 Å². The smallest absolute Gasteiger partial charge is 0.335 e. The number of carboxylic acids is 2. The predicted molar refractivity (Wildman–Crippen MR) is 90.9 cm³/mol. The standard InChI is InChI=1S/C19H20O6/c1-2-24-17(19(22)23)11-13-6-8-16(9-7-13)25-12-14-4-3-5-15(10-14)18(20)21/h3-10,17H,2,11-12H2,1H3,(H,20,21)(H,22,23). The second-order valence-electron chi connectivity index (χ2n) is 5.42. The van der Waals surface area contributed by atoms with E-state index < -0.39 is 18.0 Å². The van der Waals surface area contributed by atoms with Crippen molar-refractivity contribution in [3.05, 3.63) is 65.2 Å². The van der Waals surface area contributed by atoms with E-state index in [0.717, 1.165) is 11.1 Å². The molecule has 2 N–H and O–H groups in total. The highest BCUT2D eigenvalue weighted by atomic mass is 16.5. The number of benzene rings is 2. The van der Waals surface area contributed by atoms with Gasteiger partial charge < -0.3 is 19.7 Å². The zero-order valence-electron chi connectivity index (χ0n) is 13.8. The van der Waals surface area contributed by atoms with Gasteiger partial charge in [0.15, 0.2) is 6.10 Å². The lowest BCUT2D eigenvalue weighted by molar-refractivity contribution is -0.149. The van der Waals surface area contributed by atoms with E-state index in [9.17, 15) is 9.59 Å². The van der Waals surface area contributed by atoms with Crippen molar-refractivity contribution in [2.24, 2.45) is 0 Å². The van der Waals surface area contributed by atoms with E-state index in [0.29, 0.717) is 12.4 Å². The molecule has 0 heterocycles. The van der Waals surface area contributed by atoms with E-state index in [1.54, 1.807) is 49.4 Å². The van der Waals surface area contributed by atoms with Crippen molar-refractivity contribution < 1.29 is 29.3 Å². The van der Waals surface area contributed by atoms with Gasteiger partial charge in [-0.3, -0.25) is 0 Å². The second-order valence-corrected chi connectivity index (χ2v) is 5.42. The highest BCUT2D eigenvalue weighted by molar-refractivity contribution is 5.87. The molecular weight excluding hydrogens is 324 g/mol. The van der Waals surface area contributed by atoms with Gasteiger partial charge in [-0.05, 0) is 42.3 Å². The molecule has 0 aliphatic heterocycles. The molecule has 0 aliphatic rings. The summed E-state index contributed by atoms with van der Waals surface area (Å²) in [4.78, 5) is 22.1. The summed E-state index contributed by atoms with van der Waals surface area (Å²) in [6.45, 7) is 2.34. The lowest BCUT2D eigenvalue weighted by atomic mass is 10.1. The molecule has 1 atom stereocenters. The maximum atomic E-state index is 11.1. The number of aromatic carboxylic acids is 1. The SMILES string of the molecule is CCOC(Cc1ccc(OCc2cccc(C(=O)O)c2)cc1)C(=O)O. The number of hydrogen-bond donors (Lipinski definition) is 2. The number of ether oxygens (including phenoxy) is 2. The van der Waals surface area contributed by atoms with Crippen LogP contribution >= 0.6 is 0 Å². The van der Waals surface area contributed by atoms with Crippen LogP contribution in [0.25, 0.3) is 0 Å². The van der Waals surface area contributed by atoms with Gasteiger partial charge >= 0.3 is 11.9 Å². The zero-order chi connectivity index (χ0) is 18.2. The Morgan fingerprint density at radius 3 is 2.36 bits per heavy atom. The van der Waals surface area contributed by atoms with Crippen LogP contribution in [-0.2, 0) is 22.6 Å². The van der Waals surface area contributed by atoms with E-state index in [4.69, 9.17) is 19.7 Å². The largest absolute Gasteiger partial charge is 0.489 e. The van der Waals surface area contributed by atoms with Crippen LogP contribution in [0.5, 0.6) is 5.75 Å². The Bertz CT molecular complexity index is 723. The van der Waals surface area contributed by atoms with Gasteiger partial charge in [-0.25, -0.2) is 9.59 Å². The zero-order valence-corrected chi connectivity index (χ0v) is 13.8. The molecule has 6 heteroatoms. The van der Waals surface area contributed by atoms with Crippen molar-refractivity contribution in [2.75, 3.05) is 6.61 Å². The van der Waals surface area contributed by atoms with Crippen LogP contribution in [0.15, 0.2) is 48.5 Å². The number of rotatable bonds is 9. The monoisotopic (exact) mass is 344 g/mol. The third-order valence-electron chi connectivity index (χ3n) is 3.57. The first kappa shape index (κ1) is 18.5. The van der Waals surface area contributed by atoms with Gasteiger partial charge in [-0.15, -0.1) is 0 Å². The van der Waals surface area contributed by atoms with Crippen molar-refractivity contribution in [1.82, 2.24) is 0 Å². The molecule has 2 aromatic carbocycles. The van der Waals surface area contributed by atoms with Crippen molar-refractivity contribution in [3.63, 3.8) is 0 Å². The van der Waals surface area contributed by atoms with Crippen molar-refractivity contribution in [3.8, 4) is 5.75 Å². The maximum Gasteiger partial charge on any atom is 0.335 e.